The summed E-state index contributed by atoms with van der Waals surface area (Å²) in [6, 6.07) is 6.56. The summed E-state index contributed by atoms with van der Waals surface area (Å²) in [5, 5.41) is 10.4. The van der Waals surface area contributed by atoms with Crippen LogP contribution in [0.1, 0.15) is 31.2 Å². The molecule has 2 bridgehead atoms. The van der Waals surface area contributed by atoms with Gasteiger partial charge in [-0.2, -0.15) is 0 Å². The molecule has 1 heterocycles. The van der Waals surface area contributed by atoms with Crippen molar-refractivity contribution in [1.82, 2.24) is 4.90 Å². The van der Waals surface area contributed by atoms with Gasteiger partial charge in [-0.15, -0.1) is 0 Å². The Morgan fingerprint density at radius 2 is 2.05 bits per heavy atom. The number of para-hydroxylation sites is 1. The molecule has 21 heavy (non-hydrogen) atoms. The third-order valence-corrected chi connectivity index (χ3v) is 5.34. The summed E-state index contributed by atoms with van der Waals surface area (Å²) < 4.78 is 11.1. The third-order valence-electron chi connectivity index (χ3n) is 5.34. The molecule has 4 nitrogen and oxygen atoms in total. The van der Waals surface area contributed by atoms with E-state index in [1.54, 1.807) is 14.2 Å². The molecule has 116 valence electrons. The number of nitrogens with zero attached hydrogens (tertiary/aromatic N) is 1. The molecule has 1 aromatic carbocycles. The minimum atomic E-state index is -0.234. The van der Waals surface area contributed by atoms with Gasteiger partial charge in [0.05, 0.1) is 20.3 Å². The van der Waals surface area contributed by atoms with E-state index in [-0.39, 0.29) is 11.5 Å². The normalized spacial score (nSPS) is 32.8. The van der Waals surface area contributed by atoms with Crippen molar-refractivity contribution in [2.45, 2.75) is 43.2 Å². The molecule has 1 aromatic rings. The van der Waals surface area contributed by atoms with E-state index in [9.17, 15) is 5.11 Å². The fourth-order valence-electron chi connectivity index (χ4n) is 4.24. The number of benzene rings is 1. The van der Waals surface area contributed by atoms with Crippen molar-refractivity contribution in [3.63, 3.8) is 0 Å². The highest BCUT2D eigenvalue weighted by atomic mass is 16.5. The second kappa shape index (κ2) is 5.50. The zero-order chi connectivity index (χ0) is 15.0. The van der Waals surface area contributed by atoms with Gasteiger partial charge in [-0.3, -0.25) is 0 Å². The number of aliphatic hydroxyl groups excluding tert-OH is 1. The van der Waals surface area contributed by atoms with Crippen LogP contribution >= 0.6 is 0 Å². The zero-order valence-corrected chi connectivity index (χ0v) is 13.1. The maximum Gasteiger partial charge on any atom is 0.164 e. The molecule has 2 aliphatic rings. The Balaban J connectivity index is 2.05. The summed E-state index contributed by atoms with van der Waals surface area (Å²) in [7, 11) is 5.53. The molecule has 0 amide bonds. The highest BCUT2D eigenvalue weighted by Crippen LogP contribution is 2.51. The third kappa shape index (κ3) is 2.40. The van der Waals surface area contributed by atoms with Crippen LogP contribution in [0.2, 0.25) is 0 Å². The maximum atomic E-state index is 10.4. The Bertz CT molecular complexity index is 519. The Kier molecular flexibility index (Phi) is 3.84. The Morgan fingerprint density at radius 3 is 2.76 bits per heavy atom. The first-order valence-electron chi connectivity index (χ1n) is 7.69. The minimum absolute atomic E-state index is 0.00866. The molecule has 1 N–H and O–H groups in total. The van der Waals surface area contributed by atoms with Gasteiger partial charge in [-0.05, 0) is 45.3 Å². The van der Waals surface area contributed by atoms with Crippen molar-refractivity contribution in [3.05, 3.63) is 23.8 Å². The lowest BCUT2D eigenvalue weighted by atomic mass is 9.62. The van der Waals surface area contributed by atoms with Crippen molar-refractivity contribution in [1.29, 1.82) is 0 Å². The van der Waals surface area contributed by atoms with Crippen LogP contribution in [-0.2, 0) is 5.41 Å². The predicted octanol–water partition coefficient (Wildman–Crippen LogP) is 2.19. The number of aliphatic hydroxyl groups is 1. The van der Waals surface area contributed by atoms with Gasteiger partial charge in [0.1, 0.15) is 0 Å². The maximum absolute atomic E-state index is 10.4. The average molecular weight is 291 g/mol. The van der Waals surface area contributed by atoms with Gasteiger partial charge < -0.3 is 19.5 Å². The van der Waals surface area contributed by atoms with Gasteiger partial charge in [-0.25, -0.2) is 0 Å². The molecule has 0 radical (unpaired) electrons. The van der Waals surface area contributed by atoms with E-state index in [2.05, 4.69) is 18.0 Å². The summed E-state index contributed by atoms with van der Waals surface area (Å²) in [5.74, 6) is 1.61. The Hall–Kier alpha value is -1.26. The molecule has 1 saturated carbocycles. The van der Waals surface area contributed by atoms with E-state index in [4.69, 9.17) is 9.47 Å². The molecule has 3 unspecified atom stereocenters. The van der Waals surface area contributed by atoms with E-state index >= 15 is 0 Å². The Morgan fingerprint density at radius 1 is 1.24 bits per heavy atom. The number of piperidine rings is 1. The first kappa shape index (κ1) is 14.7. The monoisotopic (exact) mass is 291 g/mol. The lowest BCUT2D eigenvalue weighted by Crippen LogP contribution is -2.53. The number of hydrogen-bond acceptors (Lipinski definition) is 4. The molecule has 0 aromatic heterocycles. The number of fused-ring (bicyclic) bond motifs is 2. The van der Waals surface area contributed by atoms with E-state index in [0.717, 1.165) is 43.7 Å². The second-order valence-corrected chi connectivity index (χ2v) is 6.50. The average Bonchev–Trinajstić information content (AvgIpc) is 2.50. The first-order chi connectivity index (χ1) is 10.1. The molecule has 2 fully saturated rings. The number of rotatable bonds is 3. The van der Waals surface area contributed by atoms with Crippen molar-refractivity contribution >= 4 is 0 Å². The van der Waals surface area contributed by atoms with Crippen LogP contribution < -0.4 is 9.47 Å². The van der Waals surface area contributed by atoms with Gasteiger partial charge in [0.2, 0.25) is 0 Å². The standard InChI is InChI=1S/C17H25NO3/c1-18-8-7-17(10-12(18)9-13(19)11-17)14-5-4-6-15(20-2)16(14)21-3/h4-6,12-13,19H,7-11H2,1-3H3. The molecular formula is C17H25NO3. The number of ether oxygens (including phenoxy) is 2. The van der Waals surface area contributed by atoms with Crippen LogP contribution in [0.15, 0.2) is 18.2 Å². The number of hydrogen-bond donors (Lipinski definition) is 1. The fourth-order valence-corrected chi connectivity index (χ4v) is 4.24. The van der Waals surface area contributed by atoms with Crippen molar-refractivity contribution in [2.24, 2.45) is 0 Å². The summed E-state index contributed by atoms with van der Waals surface area (Å²) >= 11 is 0. The highest BCUT2D eigenvalue weighted by molar-refractivity contribution is 5.51. The van der Waals surface area contributed by atoms with E-state index in [1.807, 2.05) is 12.1 Å². The quantitative estimate of drug-likeness (QED) is 0.927. The predicted molar refractivity (Wildman–Crippen MR) is 82.1 cm³/mol. The smallest absolute Gasteiger partial charge is 0.164 e. The first-order valence-corrected chi connectivity index (χ1v) is 7.69. The van der Waals surface area contributed by atoms with E-state index < -0.39 is 0 Å². The lowest BCUT2D eigenvalue weighted by Gasteiger charge is -2.51. The number of likely N-dealkylation sites (tertiary alicyclic amines) is 1. The summed E-state index contributed by atoms with van der Waals surface area (Å²) in [5.41, 5.74) is 1.20. The molecule has 0 spiro atoms. The van der Waals surface area contributed by atoms with Gasteiger partial charge in [0.15, 0.2) is 11.5 Å². The fraction of sp³-hybridized carbons (Fsp3) is 0.647. The molecule has 4 heteroatoms. The van der Waals surface area contributed by atoms with Crippen LogP contribution in [0.25, 0.3) is 0 Å². The van der Waals surface area contributed by atoms with Crippen LogP contribution in [0.5, 0.6) is 11.5 Å². The second-order valence-electron chi connectivity index (χ2n) is 6.50. The molecule has 1 aliphatic carbocycles. The van der Waals surface area contributed by atoms with Crippen LogP contribution in [0.4, 0.5) is 0 Å². The molecular weight excluding hydrogens is 266 g/mol. The summed E-state index contributed by atoms with van der Waals surface area (Å²) in [6.45, 7) is 1.07. The number of methoxy groups -OCH3 is 2. The lowest BCUT2D eigenvalue weighted by molar-refractivity contribution is -0.00721. The van der Waals surface area contributed by atoms with E-state index in [1.165, 1.54) is 5.56 Å². The zero-order valence-electron chi connectivity index (χ0n) is 13.1. The topological polar surface area (TPSA) is 41.9 Å². The van der Waals surface area contributed by atoms with Crippen molar-refractivity contribution in [3.8, 4) is 11.5 Å². The summed E-state index contributed by atoms with van der Waals surface area (Å²) in [4.78, 5) is 2.38. The minimum Gasteiger partial charge on any atom is -0.493 e. The van der Waals surface area contributed by atoms with Gasteiger partial charge >= 0.3 is 0 Å². The SMILES string of the molecule is COc1cccc(C23CCN(C)C(CC(O)C2)C3)c1OC. The molecule has 3 atom stereocenters. The summed E-state index contributed by atoms with van der Waals surface area (Å²) in [6.07, 6.45) is 3.61. The van der Waals surface area contributed by atoms with Gasteiger partial charge in [0, 0.05) is 17.0 Å². The van der Waals surface area contributed by atoms with Crippen molar-refractivity contribution < 1.29 is 14.6 Å². The molecule has 3 rings (SSSR count). The van der Waals surface area contributed by atoms with Crippen molar-refractivity contribution in [2.75, 3.05) is 27.8 Å². The van der Waals surface area contributed by atoms with Gasteiger partial charge in [0.25, 0.3) is 0 Å². The van der Waals surface area contributed by atoms with Crippen LogP contribution in [0, 0.1) is 0 Å². The van der Waals surface area contributed by atoms with Crippen LogP contribution in [0.3, 0.4) is 0 Å². The van der Waals surface area contributed by atoms with E-state index in [0.29, 0.717) is 6.04 Å². The Labute approximate surface area is 126 Å². The van der Waals surface area contributed by atoms with Crippen LogP contribution in [-0.4, -0.2) is 50.0 Å². The largest absolute Gasteiger partial charge is 0.493 e. The molecule has 1 saturated heterocycles. The highest BCUT2D eigenvalue weighted by Gasteiger charge is 2.47. The molecule has 1 aliphatic heterocycles. The van der Waals surface area contributed by atoms with Gasteiger partial charge in [-0.1, -0.05) is 12.1 Å².